The molecule has 0 saturated carbocycles. The van der Waals surface area contributed by atoms with Crippen molar-refractivity contribution in [3.8, 4) is 0 Å². The third-order valence-electron chi connectivity index (χ3n) is 2.97. The Morgan fingerprint density at radius 1 is 1.22 bits per heavy atom. The normalized spacial score (nSPS) is 14.9. The molecule has 6 nitrogen and oxygen atoms in total. The number of anilines is 2. The number of nitrogens with one attached hydrogen (secondary N) is 3. The number of nitrogens with two attached hydrogens (primary N) is 2. The van der Waals surface area contributed by atoms with Crippen molar-refractivity contribution >= 4 is 22.4 Å². The minimum absolute atomic E-state index is 0.546. The number of hydrogen-bond acceptors (Lipinski definition) is 5. The van der Waals surface area contributed by atoms with E-state index < -0.39 is 0 Å². The smallest absolute Gasteiger partial charge is 0.139 e. The maximum atomic E-state index is 5.64. The molecule has 0 spiro atoms. The van der Waals surface area contributed by atoms with E-state index in [0.29, 0.717) is 11.4 Å². The Hall–Kier alpha value is -1.79. The summed E-state index contributed by atoms with van der Waals surface area (Å²) in [6.07, 6.45) is 7.57. The van der Waals surface area contributed by atoms with Crippen LogP contribution < -0.4 is 22.3 Å². The van der Waals surface area contributed by atoms with Gasteiger partial charge in [0.05, 0.1) is 17.6 Å². The topological polar surface area (TPSA) is 105 Å². The molecular formula is C12H20N6. The van der Waals surface area contributed by atoms with Crippen LogP contribution in [0.1, 0.15) is 19.3 Å². The number of nitrogen functional groups attached to an aromatic ring is 2. The first-order chi connectivity index (χ1) is 8.83. The number of fused-ring (bicyclic) bond motifs is 1. The lowest BCUT2D eigenvalue weighted by Crippen LogP contribution is -2.21. The summed E-state index contributed by atoms with van der Waals surface area (Å²) >= 11 is 0. The molecule has 0 bridgehead atoms. The van der Waals surface area contributed by atoms with E-state index in [1.165, 1.54) is 32.4 Å². The van der Waals surface area contributed by atoms with Gasteiger partial charge in [-0.15, -0.1) is 0 Å². The van der Waals surface area contributed by atoms with Crippen molar-refractivity contribution in [1.29, 1.82) is 0 Å². The van der Waals surface area contributed by atoms with E-state index in [2.05, 4.69) is 20.7 Å². The van der Waals surface area contributed by atoms with Crippen LogP contribution in [-0.4, -0.2) is 23.1 Å². The van der Waals surface area contributed by atoms with Gasteiger partial charge in [0.25, 0.3) is 0 Å². The molecule has 7 N–H and O–H groups in total. The maximum absolute atomic E-state index is 5.64. The van der Waals surface area contributed by atoms with E-state index in [1.54, 1.807) is 12.4 Å². The fraction of sp³-hybridized carbons (Fsp3) is 0.417. The second-order valence-electron chi connectivity index (χ2n) is 4.28. The van der Waals surface area contributed by atoms with E-state index in [0.717, 1.165) is 11.0 Å². The van der Waals surface area contributed by atoms with Gasteiger partial charge >= 0.3 is 0 Å². The van der Waals surface area contributed by atoms with Crippen molar-refractivity contribution in [2.24, 2.45) is 5.84 Å². The first kappa shape index (κ1) is 12.7. The second-order valence-corrected chi connectivity index (χ2v) is 4.28. The molecule has 1 saturated heterocycles. The van der Waals surface area contributed by atoms with Gasteiger partial charge in [-0.25, -0.2) is 4.98 Å². The highest BCUT2D eigenvalue weighted by Gasteiger charge is 2.04. The highest BCUT2D eigenvalue weighted by atomic mass is 15.2. The summed E-state index contributed by atoms with van der Waals surface area (Å²) < 4.78 is 0. The third-order valence-corrected chi connectivity index (χ3v) is 2.97. The average Bonchev–Trinajstić information content (AvgIpc) is 2.90. The van der Waals surface area contributed by atoms with Crippen molar-refractivity contribution in [2.75, 3.05) is 24.2 Å². The highest BCUT2D eigenvalue weighted by molar-refractivity contribution is 5.95. The molecule has 0 radical (unpaired) electrons. The molecule has 98 valence electrons. The van der Waals surface area contributed by atoms with Crippen molar-refractivity contribution in [3.05, 3.63) is 18.5 Å². The third kappa shape index (κ3) is 2.91. The lowest BCUT2D eigenvalue weighted by molar-refractivity contribution is 0.520. The first-order valence-corrected chi connectivity index (χ1v) is 6.22. The van der Waals surface area contributed by atoms with E-state index in [-0.39, 0.29) is 0 Å². The quantitative estimate of drug-likeness (QED) is 0.385. The number of aromatic amines is 1. The van der Waals surface area contributed by atoms with Crippen LogP contribution in [0.5, 0.6) is 0 Å². The van der Waals surface area contributed by atoms with Gasteiger partial charge in [0.15, 0.2) is 0 Å². The molecule has 0 aromatic carbocycles. The number of H-pyrrole nitrogens is 1. The van der Waals surface area contributed by atoms with Crippen molar-refractivity contribution in [3.63, 3.8) is 0 Å². The van der Waals surface area contributed by atoms with Crippen molar-refractivity contribution < 1.29 is 0 Å². The molecule has 0 amide bonds. The zero-order valence-corrected chi connectivity index (χ0v) is 10.4. The fourth-order valence-corrected chi connectivity index (χ4v) is 1.99. The van der Waals surface area contributed by atoms with Crippen LogP contribution in [-0.2, 0) is 0 Å². The molecular weight excluding hydrogens is 228 g/mol. The van der Waals surface area contributed by atoms with Gasteiger partial charge in [0.2, 0.25) is 0 Å². The molecule has 2 aromatic rings. The molecule has 1 fully saturated rings. The fourth-order valence-electron chi connectivity index (χ4n) is 1.99. The van der Waals surface area contributed by atoms with Gasteiger partial charge in [-0.3, -0.25) is 5.84 Å². The summed E-state index contributed by atoms with van der Waals surface area (Å²) in [6, 6.07) is 1.87. The molecule has 18 heavy (non-hydrogen) atoms. The van der Waals surface area contributed by atoms with Crippen LogP contribution in [0.2, 0.25) is 0 Å². The number of aromatic nitrogens is 2. The van der Waals surface area contributed by atoms with Crippen LogP contribution in [0.3, 0.4) is 0 Å². The van der Waals surface area contributed by atoms with Crippen molar-refractivity contribution in [1.82, 2.24) is 15.3 Å². The van der Waals surface area contributed by atoms with Crippen molar-refractivity contribution in [2.45, 2.75) is 19.3 Å². The van der Waals surface area contributed by atoms with Crippen LogP contribution in [0.15, 0.2) is 18.5 Å². The number of piperidine rings is 1. The summed E-state index contributed by atoms with van der Waals surface area (Å²) in [5.41, 5.74) is 10.2. The molecule has 1 aliphatic heterocycles. The van der Waals surface area contributed by atoms with Gasteiger partial charge in [0.1, 0.15) is 5.65 Å². The molecule has 3 rings (SSSR count). The molecule has 0 atom stereocenters. The van der Waals surface area contributed by atoms with Gasteiger partial charge in [0, 0.05) is 11.6 Å². The summed E-state index contributed by atoms with van der Waals surface area (Å²) in [5, 5.41) is 4.19. The number of nitrogens with zero attached hydrogens (tertiary/aromatic N) is 1. The first-order valence-electron chi connectivity index (χ1n) is 6.22. The Bertz CT molecular complexity index is 477. The average molecular weight is 248 g/mol. The SMILES string of the molecule is C1CCNCC1.NNc1c(N)cnc2[nH]ccc12. The van der Waals surface area contributed by atoms with Crippen LogP contribution >= 0.6 is 0 Å². The Morgan fingerprint density at radius 3 is 2.56 bits per heavy atom. The Morgan fingerprint density at radius 2 is 2.00 bits per heavy atom. The number of hydrazine groups is 1. The highest BCUT2D eigenvalue weighted by Crippen LogP contribution is 2.25. The van der Waals surface area contributed by atoms with E-state index >= 15 is 0 Å². The Kier molecular flexibility index (Phi) is 4.38. The van der Waals surface area contributed by atoms with Crippen LogP contribution in [0.25, 0.3) is 11.0 Å². The van der Waals surface area contributed by atoms with Crippen LogP contribution in [0.4, 0.5) is 11.4 Å². The predicted octanol–water partition coefficient (Wildman–Crippen LogP) is 1.19. The molecule has 6 heteroatoms. The zero-order valence-electron chi connectivity index (χ0n) is 10.4. The van der Waals surface area contributed by atoms with Crippen LogP contribution in [0, 0.1) is 0 Å². The standard InChI is InChI=1S/C7H9N5.C5H11N/c8-5-3-11-7-4(1-2-10-7)6(5)12-9;1-2-4-6-5-3-1/h1-3H,8-9H2,(H2,10,11,12);6H,1-5H2. The van der Waals surface area contributed by atoms with E-state index in [4.69, 9.17) is 11.6 Å². The summed E-state index contributed by atoms with van der Waals surface area (Å²) in [6.45, 7) is 2.50. The number of rotatable bonds is 1. The molecule has 2 aromatic heterocycles. The van der Waals surface area contributed by atoms with Gasteiger partial charge in [-0.1, -0.05) is 6.42 Å². The second kappa shape index (κ2) is 6.23. The van der Waals surface area contributed by atoms with E-state index in [1.807, 2.05) is 6.07 Å². The molecule has 0 unspecified atom stereocenters. The molecule has 3 heterocycles. The maximum Gasteiger partial charge on any atom is 0.139 e. The zero-order chi connectivity index (χ0) is 12.8. The minimum atomic E-state index is 0.546. The Balaban J connectivity index is 0.000000169. The van der Waals surface area contributed by atoms with E-state index in [9.17, 15) is 0 Å². The summed E-state index contributed by atoms with van der Waals surface area (Å²) in [7, 11) is 0. The van der Waals surface area contributed by atoms with Gasteiger partial charge < -0.3 is 21.5 Å². The lowest BCUT2D eigenvalue weighted by atomic mass is 10.2. The largest absolute Gasteiger partial charge is 0.396 e. The molecule has 0 aliphatic carbocycles. The minimum Gasteiger partial charge on any atom is -0.396 e. The van der Waals surface area contributed by atoms with Gasteiger partial charge in [-0.05, 0) is 32.0 Å². The monoisotopic (exact) mass is 248 g/mol. The lowest BCUT2D eigenvalue weighted by Gasteiger charge is -2.08. The predicted molar refractivity (Wildman–Crippen MR) is 75.0 cm³/mol. The molecule has 1 aliphatic rings. The number of hydrogen-bond donors (Lipinski definition) is 5. The Labute approximate surface area is 106 Å². The van der Waals surface area contributed by atoms with Gasteiger partial charge in [-0.2, -0.15) is 0 Å². The summed E-state index contributed by atoms with van der Waals surface area (Å²) in [5.74, 6) is 5.30. The number of pyridine rings is 1. The summed E-state index contributed by atoms with van der Waals surface area (Å²) in [4.78, 5) is 7.03.